The first-order valence-electron chi connectivity index (χ1n) is 5.54. The van der Waals surface area contributed by atoms with Crippen LogP contribution in [0.5, 0.6) is 0 Å². The third kappa shape index (κ3) is 5.99. The summed E-state index contributed by atoms with van der Waals surface area (Å²) < 4.78 is 0. The number of nitrogens with zero attached hydrogens (tertiary/aromatic N) is 1. The molecule has 2 nitrogen and oxygen atoms in total. The highest BCUT2D eigenvalue weighted by Crippen LogP contribution is 2.15. The second kappa shape index (κ2) is 8.69. The number of aliphatic hydroxyl groups is 1. The molecule has 0 aromatic carbocycles. The maximum absolute atomic E-state index is 8.78. The molecule has 0 aromatic heterocycles. The lowest BCUT2D eigenvalue weighted by atomic mass is 9.97. The van der Waals surface area contributed by atoms with Gasteiger partial charge in [0.15, 0.2) is 0 Å². The molecule has 0 rings (SSSR count). The molecule has 0 saturated carbocycles. The van der Waals surface area contributed by atoms with Gasteiger partial charge >= 0.3 is 0 Å². The standard InChI is InChI=1S/C11H24BrNO/c1-4-13(6-5-7-14)9-11(8-12)10(2)3/h10-11,14H,4-9H2,1-3H3. The van der Waals surface area contributed by atoms with E-state index < -0.39 is 0 Å². The Balaban J connectivity index is 3.87. The zero-order chi connectivity index (χ0) is 11.0. The van der Waals surface area contributed by atoms with E-state index in [0.717, 1.165) is 37.3 Å². The van der Waals surface area contributed by atoms with Crippen LogP contribution in [0.15, 0.2) is 0 Å². The van der Waals surface area contributed by atoms with Crippen LogP contribution in [-0.2, 0) is 0 Å². The second-order valence-electron chi connectivity index (χ2n) is 4.13. The Morgan fingerprint density at radius 3 is 2.36 bits per heavy atom. The van der Waals surface area contributed by atoms with Crippen molar-refractivity contribution < 1.29 is 5.11 Å². The number of alkyl halides is 1. The van der Waals surface area contributed by atoms with Crippen molar-refractivity contribution >= 4 is 15.9 Å². The van der Waals surface area contributed by atoms with E-state index in [-0.39, 0.29) is 0 Å². The van der Waals surface area contributed by atoms with Crippen LogP contribution >= 0.6 is 15.9 Å². The number of hydrogen-bond acceptors (Lipinski definition) is 2. The summed E-state index contributed by atoms with van der Waals surface area (Å²) in [7, 11) is 0. The summed E-state index contributed by atoms with van der Waals surface area (Å²) in [4.78, 5) is 2.42. The van der Waals surface area contributed by atoms with Gasteiger partial charge in [0.25, 0.3) is 0 Å². The van der Waals surface area contributed by atoms with Gasteiger partial charge < -0.3 is 10.0 Å². The predicted octanol–water partition coefficient (Wildman–Crippen LogP) is 2.36. The largest absolute Gasteiger partial charge is 0.396 e. The average molecular weight is 266 g/mol. The molecule has 0 aliphatic carbocycles. The summed E-state index contributed by atoms with van der Waals surface area (Å²) in [6.45, 7) is 10.3. The van der Waals surface area contributed by atoms with E-state index in [1.54, 1.807) is 0 Å². The number of rotatable bonds is 8. The third-order valence-corrected chi connectivity index (χ3v) is 3.55. The zero-order valence-electron chi connectivity index (χ0n) is 9.67. The molecule has 0 aliphatic rings. The Morgan fingerprint density at radius 2 is 2.00 bits per heavy atom. The van der Waals surface area contributed by atoms with Crippen LogP contribution in [0.1, 0.15) is 27.2 Å². The summed E-state index contributed by atoms with van der Waals surface area (Å²) in [6, 6.07) is 0. The average Bonchev–Trinajstić information content (AvgIpc) is 2.18. The molecular formula is C11H24BrNO. The first kappa shape index (κ1) is 14.4. The fourth-order valence-electron chi connectivity index (χ4n) is 1.44. The molecule has 14 heavy (non-hydrogen) atoms. The van der Waals surface area contributed by atoms with Crippen molar-refractivity contribution in [3.63, 3.8) is 0 Å². The van der Waals surface area contributed by atoms with Crippen molar-refractivity contribution in [3.8, 4) is 0 Å². The Morgan fingerprint density at radius 1 is 1.36 bits per heavy atom. The monoisotopic (exact) mass is 265 g/mol. The SMILES string of the molecule is CCN(CCCO)CC(CBr)C(C)C. The molecule has 0 aromatic rings. The van der Waals surface area contributed by atoms with Gasteiger partial charge in [-0.05, 0) is 24.8 Å². The Bertz CT molecular complexity index is 130. The molecule has 1 atom stereocenters. The molecule has 0 amide bonds. The summed E-state index contributed by atoms with van der Waals surface area (Å²) in [5, 5.41) is 9.84. The smallest absolute Gasteiger partial charge is 0.0443 e. The van der Waals surface area contributed by atoms with Crippen molar-refractivity contribution in [2.24, 2.45) is 11.8 Å². The molecule has 0 fully saturated rings. The lowest BCUT2D eigenvalue weighted by Gasteiger charge is -2.27. The van der Waals surface area contributed by atoms with Gasteiger partial charge in [0.05, 0.1) is 0 Å². The van der Waals surface area contributed by atoms with Gasteiger partial charge in [0, 0.05) is 25.0 Å². The first-order chi connectivity index (χ1) is 6.65. The topological polar surface area (TPSA) is 23.5 Å². The molecule has 0 heterocycles. The van der Waals surface area contributed by atoms with Crippen LogP contribution in [0, 0.1) is 11.8 Å². The molecule has 3 heteroatoms. The fraction of sp³-hybridized carbons (Fsp3) is 1.00. The van der Waals surface area contributed by atoms with Crippen molar-refractivity contribution in [3.05, 3.63) is 0 Å². The molecule has 0 spiro atoms. The van der Waals surface area contributed by atoms with Gasteiger partial charge in [-0.1, -0.05) is 36.7 Å². The highest BCUT2D eigenvalue weighted by atomic mass is 79.9. The van der Waals surface area contributed by atoms with Gasteiger partial charge in [-0.3, -0.25) is 0 Å². The molecule has 1 N–H and O–H groups in total. The van der Waals surface area contributed by atoms with Gasteiger partial charge in [0.1, 0.15) is 0 Å². The lowest BCUT2D eigenvalue weighted by Crippen LogP contribution is -2.33. The highest BCUT2D eigenvalue weighted by Gasteiger charge is 2.15. The molecular weight excluding hydrogens is 242 g/mol. The molecule has 0 saturated heterocycles. The normalized spacial score (nSPS) is 13.9. The zero-order valence-corrected chi connectivity index (χ0v) is 11.3. The summed E-state index contributed by atoms with van der Waals surface area (Å²) in [5.74, 6) is 1.44. The van der Waals surface area contributed by atoms with Gasteiger partial charge in [-0.15, -0.1) is 0 Å². The Labute approximate surface area is 96.8 Å². The molecule has 0 aliphatic heterocycles. The molecule has 1 unspecified atom stereocenters. The molecule has 0 bridgehead atoms. The van der Waals surface area contributed by atoms with E-state index in [2.05, 4.69) is 41.6 Å². The Hall–Kier alpha value is 0.400. The first-order valence-corrected chi connectivity index (χ1v) is 6.67. The summed E-state index contributed by atoms with van der Waals surface area (Å²) >= 11 is 3.57. The van der Waals surface area contributed by atoms with Crippen LogP contribution in [0.3, 0.4) is 0 Å². The maximum Gasteiger partial charge on any atom is 0.0443 e. The van der Waals surface area contributed by atoms with E-state index in [1.807, 2.05) is 0 Å². The lowest BCUT2D eigenvalue weighted by molar-refractivity contribution is 0.197. The minimum absolute atomic E-state index is 0.303. The van der Waals surface area contributed by atoms with Crippen molar-refractivity contribution in [2.45, 2.75) is 27.2 Å². The minimum atomic E-state index is 0.303. The van der Waals surface area contributed by atoms with E-state index in [1.165, 1.54) is 0 Å². The van der Waals surface area contributed by atoms with Crippen molar-refractivity contribution in [2.75, 3.05) is 31.6 Å². The fourth-order valence-corrected chi connectivity index (χ4v) is 2.39. The summed E-state index contributed by atoms with van der Waals surface area (Å²) in [6.07, 6.45) is 0.890. The molecule has 0 radical (unpaired) electrons. The Kier molecular flexibility index (Phi) is 8.94. The van der Waals surface area contributed by atoms with Gasteiger partial charge in [0.2, 0.25) is 0 Å². The highest BCUT2D eigenvalue weighted by molar-refractivity contribution is 9.09. The third-order valence-electron chi connectivity index (χ3n) is 2.71. The van der Waals surface area contributed by atoms with Crippen LogP contribution in [0.2, 0.25) is 0 Å². The molecule has 86 valence electrons. The maximum atomic E-state index is 8.78. The van der Waals surface area contributed by atoms with E-state index >= 15 is 0 Å². The minimum Gasteiger partial charge on any atom is -0.396 e. The second-order valence-corrected chi connectivity index (χ2v) is 4.78. The van der Waals surface area contributed by atoms with Crippen molar-refractivity contribution in [1.82, 2.24) is 4.90 Å². The number of aliphatic hydroxyl groups excluding tert-OH is 1. The van der Waals surface area contributed by atoms with Crippen LogP contribution in [-0.4, -0.2) is 41.6 Å². The van der Waals surface area contributed by atoms with Gasteiger partial charge in [-0.2, -0.15) is 0 Å². The van der Waals surface area contributed by atoms with Crippen molar-refractivity contribution in [1.29, 1.82) is 0 Å². The summed E-state index contributed by atoms with van der Waals surface area (Å²) in [5.41, 5.74) is 0. The predicted molar refractivity (Wildman–Crippen MR) is 65.9 cm³/mol. The quantitative estimate of drug-likeness (QED) is 0.682. The van der Waals surface area contributed by atoms with Crippen LogP contribution < -0.4 is 0 Å². The number of halogens is 1. The van der Waals surface area contributed by atoms with E-state index in [4.69, 9.17) is 5.11 Å². The van der Waals surface area contributed by atoms with E-state index in [9.17, 15) is 0 Å². The van der Waals surface area contributed by atoms with Crippen LogP contribution in [0.25, 0.3) is 0 Å². The number of hydrogen-bond donors (Lipinski definition) is 1. The van der Waals surface area contributed by atoms with E-state index in [0.29, 0.717) is 12.5 Å². The van der Waals surface area contributed by atoms with Crippen LogP contribution in [0.4, 0.5) is 0 Å². The van der Waals surface area contributed by atoms with Gasteiger partial charge in [-0.25, -0.2) is 0 Å².